The average molecular weight is 407 g/mol. The number of nitrogens with one attached hydrogen (secondary N) is 2. The average Bonchev–Trinajstić information content (AvgIpc) is 3.37. The Morgan fingerprint density at radius 2 is 1.83 bits per heavy atom. The number of H-pyrrole nitrogens is 1. The van der Waals surface area contributed by atoms with E-state index in [2.05, 4.69) is 15.5 Å². The number of carbonyl (C=O) groups excluding carboxylic acids is 2. The van der Waals surface area contributed by atoms with Crippen LogP contribution in [-0.4, -0.2) is 43.8 Å². The molecule has 0 radical (unpaired) electrons. The van der Waals surface area contributed by atoms with Crippen LogP contribution in [0.15, 0.2) is 48.8 Å². The minimum absolute atomic E-state index is 0.252. The predicted octanol–water partition coefficient (Wildman–Crippen LogP) is 3.75. The number of benzene rings is 1. The van der Waals surface area contributed by atoms with E-state index < -0.39 is 5.60 Å². The van der Waals surface area contributed by atoms with Crippen LogP contribution in [0, 0.1) is 0 Å². The molecule has 0 atom stereocenters. The topological polar surface area (TPSA) is 92.2 Å². The molecule has 3 aromatic rings. The fraction of sp³-hybridized carbons (Fsp3) is 0.318. The third-order valence-corrected chi connectivity index (χ3v) is 4.85. The summed E-state index contributed by atoms with van der Waals surface area (Å²) in [4.78, 5) is 26.8. The van der Waals surface area contributed by atoms with Crippen LogP contribution in [0.3, 0.4) is 0 Å². The van der Waals surface area contributed by atoms with Crippen molar-refractivity contribution in [3.8, 4) is 5.69 Å². The number of rotatable bonds is 3. The lowest BCUT2D eigenvalue weighted by Crippen LogP contribution is -2.40. The van der Waals surface area contributed by atoms with Gasteiger partial charge in [0, 0.05) is 47.9 Å². The van der Waals surface area contributed by atoms with E-state index in [1.165, 1.54) is 0 Å². The first-order chi connectivity index (χ1) is 14.3. The fourth-order valence-corrected chi connectivity index (χ4v) is 3.35. The molecule has 156 valence electrons. The van der Waals surface area contributed by atoms with E-state index in [1.807, 2.05) is 62.0 Å². The van der Waals surface area contributed by atoms with Gasteiger partial charge in [0.25, 0.3) is 5.91 Å². The molecule has 2 aromatic heterocycles. The van der Waals surface area contributed by atoms with Gasteiger partial charge in [-0.1, -0.05) is 0 Å². The Morgan fingerprint density at radius 3 is 2.50 bits per heavy atom. The van der Waals surface area contributed by atoms with Crippen molar-refractivity contribution in [3.63, 3.8) is 0 Å². The first-order valence-corrected chi connectivity index (χ1v) is 9.89. The first-order valence-electron chi connectivity index (χ1n) is 9.89. The SMILES string of the molecule is CC(C)(C)OC(=O)N1CCc2[nH]nc(NC(=O)c3ccc(-n4cccc4)cc3)c2C1. The monoisotopic (exact) mass is 407 g/mol. The molecular formula is C22H25N5O3. The lowest BCUT2D eigenvalue weighted by Gasteiger charge is -2.30. The quantitative estimate of drug-likeness (QED) is 0.692. The van der Waals surface area contributed by atoms with Crippen molar-refractivity contribution in [2.45, 2.75) is 39.3 Å². The van der Waals surface area contributed by atoms with Crippen molar-refractivity contribution in [3.05, 3.63) is 65.6 Å². The number of aromatic amines is 1. The molecule has 0 aliphatic carbocycles. The van der Waals surface area contributed by atoms with Gasteiger partial charge in [-0.15, -0.1) is 0 Å². The maximum absolute atomic E-state index is 12.7. The Balaban J connectivity index is 1.46. The number of ether oxygens (including phenoxy) is 1. The van der Waals surface area contributed by atoms with Crippen LogP contribution < -0.4 is 5.32 Å². The van der Waals surface area contributed by atoms with E-state index in [1.54, 1.807) is 17.0 Å². The van der Waals surface area contributed by atoms with Gasteiger partial charge in [-0.2, -0.15) is 5.10 Å². The summed E-state index contributed by atoms with van der Waals surface area (Å²) in [6.07, 6.45) is 4.15. The van der Waals surface area contributed by atoms with Gasteiger partial charge < -0.3 is 19.5 Å². The molecule has 2 N–H and O–H groups in total. The van der Waals surface area contributed by atoms with Crippen LogP contribution >= 0.6 is 0 Å². The van der Waals surface area contributed by atoms with Crippen LogP contribution in [0.4, 0.5) is 10.6 Å². The van der Waals surface area contributed by atoms with Gasteiger partial charge >= 0.3 is 6.09 Å². The van der Waals surface area contributed by atoms with E-state index >= 15 is 0 Å². The summed E-state index contributed by atoms with van der Waals surface area (Å²) in [5.41, 5.74) is 2.68. The standard InChI is InChI=1S/C22H25N5O3/c1-22(2,3)30-21(29)27-13-10-18-17(14-27)19(25-24-18)23-20(28)15-6-8-16(9-7-15)26-11-4-5-12-26/h4-9,11-12H,10,13-14H2,1-3H3,(H2,23,24,25,28). The van der Waals surface area contributed by atoms with Crippen LogP contribution in [0.25, 0.3) is 5.69 Å². The van der Waals surface area contributed by atoms with Crippen molar-refractivity contribution < 1.29 is 14.3 Å². The zero-order chi connectivity index (χ0) is 21.3. The van der Waals surface area contributed by atoms with Crippen LogP contribution in [-0.2, 0) is 17.7 Å². The zero-order valence-corrected chi connectivity index (χ0v) is 17.3. The van der Waals surface area contributed by atoms with Gasteiger partial charge in [0.1, 0.15) is 5.60 Å². The maximum Gasteiger partial charge on any atom is 0.410 e. The second kappa shape index (κ2) is 7.70. The lowest BCUT2D eigenvalue weighted by molar-refractivity contribution is 0.0224. The van der Waals surface area contributed by atoms with Crippen molar-refractivity contribution in [1.29, 1.82) is 0 Å². The molecule has 0 bridgehead atoms. The van der Waals surface area contributed by atoms with Gasteiger partial charge in [-0.3, -0.25) is 9.89 Å². The summed E-state index contributed by atoms with van der Waals surface area (Å²) >= 11 is 0. The fourth-order valence-electron chi connectivity index (χ4n) is 3.35. The van der Waals surface area contributed by atoms with Crippen molar-refractivity contribution in [2.24, 2.45) is 0 Å². The predicted molar refractivity (Wildman–Crippen MR) is 113 cm³/mol. The van der Waals surface area contributed by atoms with E-state index in [0.29, 0.717) is 30.9 Å². The number of carbonyl (C=O) groups is 2. The minimum Gasteiger partial charge on any atom is -0.444 e. The van der Waals surface area contributed by atoms with Gasteiger partial charge in [0.15, 0.2) is 5.82 Å². The molecule has 30 heavy (non-hydrogen) atoms. The molecular weight excluding hydrogens is 382 g/mol. The van der Waals surface area contributed by atoms with E-state index in [9.17, 15) is 9.59 Å². The third-order valence-electron chi connectivity index (χ3n) is 4.85. The van der Waals surface area contributed by atoms with Crippen LogP contribution in [0.1, 0.15) is 42.4 Å². The van der Waals surface area contributed by atoms with Gasteiger partial charge in [-0.25, -0.2) is 4.79 Å². The molecule has 4 rings (SSSR count). The number of aromatic nitrogens is 3. The molecule has 3 heterocycles. The van der Waals surface area contributed by atoms with Crippen LogP contribution in [0.2, 0.25) is 0 Å². The maximum atomic E-state index is 12.7. The number of hydrogen-bond donors (Lipinski definition) is 2. The molecule has 1 aliphatic heterocycles. The number of nitrogens with zero attached hydrogens (tertiary/aromatic N) is 3. The highest BCUT2D eigenvalue weighted by atomic mass is 16.6. The number of amides is 2. The molecule has 1 aromatic carbocycles. The van der Waals surface area contributed by atoms with Crippen molar-refractivity contribution in [1.82, 2.24) is 19.7 Å². The van der Waals surface area contributed by atoms with Gasteiger partial charge in [-0.05, 0) is 57.2 Å². The summed E-state index contributed by atoms with van der Waals surface area (Å²) in [5.74, 6) is 0.190. The Morgan fingerprint density at radius 1 is 1.13 bits per heavy atom. The summed E-state index contributed by atoms with van der Waals surface area (Å²) in [7, 11) is 0. The number of fused-ring (bicyclic) bond motifs is 1. The number of anilines is 1. The van der Waals surface area contributed by atoms with E-state index in [0.717, 1.165) is 16.9 Å². The molecule has 0 saturated heterocycles. The summed E-state index contributed by atoms with van der Waals surface area (Å²) in [6, 6.07) is 11.2. The van der Waals surface area contributed by atoms with Crippen LogP contribution in [0.5, 0.6) is 0 Å². The van der Waals surface area contributed by atoms with Gasteiger partial charge in [0.05, 0.1) is 6.54 Å². The Kier molecular flexibility index (Phi) is 5.07. The molecule has 0 fully saturated rings. The Labute approximate surface area is 174 Å². The molecule has 8 nitrogen and oxygen atoms in total. The minimum atomic E-state index is -0.558. The van der Waals surface area contributed by atoms with Crippen molar-refractivity contribution >= 4 is 17.8 Å². The molecule has 0 spiro atoms. The molecule has 0 saturated carbocycles. The largest absolute Gasteiger partial charge is 0.444 e. The molecule has 0 unspecified atom stereocenters. The summed E-state index contributed by atoms with van der Waals surface area (Å²) < 4.78 is 7.44. The Bertz CT molecular complexity index is 1050. The molecule has 8 heteroatoms. The molecule has 2 amide bonds. The highest BCUT2D eigenvalue weighted by molar-refractivity contribution is 6.04. The zero-order valence-electron chi connectivity index (χ0n) is 17.3. The highest BCUT2D eigenvalue weighted by Crippen LogP contribution is 2.25. The third kappa shape index (κ3) is 4.22. The smallest absolute Gasteiger partial charge is 0.410 e. The lowest BCUT2D eigenvalue weighted by atomic mass is 10.1. The summed E-state index contributed by atoms with van der Waals surface area (Å²) in [5, 5.41) is 10.1. The van der Waals surface area contributed by atoms with E-state index in [-0.39, 0.29) is 12.0 Å². The first kappa shape index (κ1) is 19.8. The second-order valence-electron chi connectivity index (χ2n) is 8.27. The number of hydrogen-bond acceptors (Lipinski definition) is 4. The summed E-state index contributed by atoms with van der Waals surface area (Å²) in [6.45, 7) is 6.39. The Hall–Kier alpha value is -3.55. The molecule has 1 aliphatic rings. The van der Waals surface area contributed by atoms with Gasteiger partial charge in [0.2, 0.25) is 0 Å². The highest BCUT2D eigenvalue weighted by Gasteiger charge is 2.29. The second-order valence-corrected chi connectivity index (χ2v) is 8.27. The van der Waals surface area contributed by atoms with E-state index in [4.69, 9.17) is 4.74 Å². The van der Waals surface area contributed by atoms with Crippen molar-refractivity contribution in [2.75, 3.05) is 11.9 Å². The normalized spacial score (nSPS) is 13.6.